The fourth-order valence-corrected chi connectivity index (χ4v) is 5.32. The number of carbonyl (C=O) groups excluding carboxylic acids is 3. The normalized spacial score (nSPS) is 12.4. The van der Waals surface area contributed by atoms with Gasteiger partial charge in [-0.2, -0.15) is 0 Å². The van der Waals surface area contributed by atoms with Crippen molar-refractivity contribution in [2.24, 2.45) is 0 Å². The second-order valence-electron chi connectivity index (χ2n) is 11.6. The summed E-state index contributed by atoms with van der Waals surface area (Å²) in [6.45, 7) is 3.78. The van der Waals surface area contributed by atoms with Gasteiger partial charge >= 0.3 is 29.6 Å². The molecule has 3 N–H and O–H groups in total. The van der Waals surface area contributed by atoms with Gasteiger partial charge in [0, 0.05) is 67.2 Å². The van der Waals surface area contributed by atoms with Gasteiger partial charge in [0.05, 0.1) is 12.2 Å². The van der Waals surface area contributed by atoms with E-state index in [9.17, 15) is 38.5 Å². The van der Waals surface area contributed by atoms with Crippen molar-refractivity contribution in [2.75, 3.05) is 19.4 Å². The number of aliphatic hydroxyl groups is 2. The van der Waals surface area contributed by atoms with Gasteiger partial charge in [-0.15, -0.1) is 0 Å². The zero-order valence-electron chi connectivity index (χ0n) is 27.4. The smallest absolute Gasteiger partial charge is 0.550 e. The van der Waals surface area contributed by atoms with Crippen LogP contribution in [0.15, 0.2) is 78.9 Å². The van der Waals surface area contributed by atoms with Gasteiger partial charge in [0.15, 0.2) is 0 Å². The van der Waals surface area contributed by atoms with Crippen molar-refractivity contribution in [1.82, 2.24) is 9.47 Å². The van der Waals surface area contributed by atoms with E-state index in [0.29, 0.717) is 39.2 Å². The second-order valence-corrected chi connectivity index (χ2v) is 11.6. The van der Waals surface area contributed by atoms with Crippen LogP contribution in [0.2, 0.25) is 0 Å². The molecular formula is C36H36F2N3NaO6. The Kier molecular flexibility index (Phi) is 13.4. The predicted octanol–water partition coefficient (Wildman–Crippen LogP) is 1.90. The Balaban J connectivity index is 0.00000625. The molecule has 3 aromatic carbocycles. The molecule has 0 aliphatic carbocycles. The molecule has 1 aromatic heterocycles. The van der Waals surface area contributed by atoms with Crippen LogP contribution in [0.3, 0.4) is 0 Å². The summed E-state index contributed by atoms with van der Waals surface area (Å²) in [7, 11) is 3.26. The maximum atomic E-state index is 14.3. The van der Waals surface area contributed by atoms with Crippen molar-refractivity contribution < 1.29 is 68.0 Å². The average Bonchev–Trinajstić information content (AvgIpc) is 3.36. The summed E-state index contributed by atoms with van der Waals surface area (Å²) in [5.74, 6) is -3.46. The Morgan fingerprint density at radius 2 is 1.40 bits per heavy atom. The molecule has 0 saturated heterocycles. The predicted molar refractivity (Wildman–Crippen MR) is 173 cm³/mol. The van der Waals surface area contributed by atoms with E-state index in [1.165, 1.54) is 53.6 Å². The van der Waals surface area contributed by atoms with Gasteiger partial charge in [-0.25, -0.2) is 8.78 Å². The van der Waals surface area contributed by atoms with E-state index < -0.39 is 42.1 Å². The summed E-state index contributed by atoms with van der Waals surface area (Å²) >= 11 is 0. The van der Waals surface area contributed by atoms with Gasteiger partial charge in [0.25, 0.3) is 11.8 Å². The SMILES string of the molecule is CC(C)c1c(-c2ccc(F)cc2)c(-c2ccc(F)cc2)c(C(=O)Nc2ccc(C(=O)N(C)C)cc2)n1C=C[C@@H](O)C[C@@H](O)CC(=O)[O-].[Na+]. The Labute approximate surface area is 299 Å². The Morgan fingerprint density at radius 3 is 1.88 bits per heavy atom. The molecule has 1 heterocycles. The number of anilines is 1. The minimum Gasteiger partial charge on any atom is -0.550 e. The monoisotopic (exact) mass is 667 g/mol. The van der Waals surface area contributed by atoms with Crippen LogP contribution in [-0.4, -0.2) is 63.8 Å². The molecule has 0 spiro atoms. The summed E-state index contributed by atoms with van der Waals surface area (Å²) in [4.78, 5) is 39.0. The number of aliphatic carboxylic acids is 1. The van der Waals surface area contributed by atoms with Crippen LogP contribution in [0.4, 0.5) is 14.5 Å². The van der Waals surface area contributed by atoms with Crippen molar-refractivity contribution in [1.29, 1.82) is 0 Å². The number of carboxylic acids is 1. The molecule has 12 heteroatoms. The Morgan fingerprint density at radius 1 is 0.875 bits per heavy atom. The molecule has 2 atom stereocenters. The van der Waals surface area contributed by atoms with Crippen molar-refractivity contribution >= 4 is 29.7 Å². The standard InChI is InChI=1S/C36H37F2N3O6.Na/c1-21(2)33-31(22-5-11-25(37)12-6-22)32(23-7-13-26(38)14-8-23)34(41(33)18-17-28(42)19-29(43)20-30(44)45)35(46)39-27-15-9-24(10-16-27)36(47)40(3)4;/h5-18,21,28-29,42-43H,19-20H2,1-4H3,(H,39,46)(H,44,45);/q;+1/p-1/t28-,29-;/m1./s1. The van der Waals surface area contributed by atoms with E-state index in [2.05, 4.69) is 5.32 Å². The summed E-state index contributed by atoms with van der Waals surface area (Å²) < 4.78 is 29.8. The fraction of sp³-hybridized carbons (Fsp3) is 0.250. The Hall–Kier alpha value is -4.13. The van der Waals surface area contributed by atoms with Crippen LogP contribution in [0.1, 0.15) is 59.1 Å². The van der Waals surface area contributed by atoms with Crippen molar-refractivity contribution in [3.8, 4) is 22.3 Å². The van der Waals surface area contributed by atoms with Crippen LogP contribution in [0.25, 0.3) is 28.5 Å². The van der Waals surface area contributed by atoms with Gasteiger partial charge in [-0.1, -0.05) is 38.1 Å². The van der Waals surface area contributed by atoms with E-state index in [-0.39, 0.29) is 53.5 Å². The number of aliphatic hydroxyl groups excluding tert-OH is 2. The third-order valence-corrected chi connectivity index (χ3v) is 7.44. The number of nitrogens with one attached hydrogen (secondary N) is 1. The van der Waals surface area contributed by atoms with Crippen molar-refractivity contribution in [3.63, 3.8) is 0 Å². The summed E-state index contributed by atoms with van der Waals surface area (Å²) in [6, 6.07) is 17.6. The largest absolute Gasteiger partial charge is 1.00 e. The second kappa shape index (κ2) is 16.8. The molecule has 0 aliphatic rings. The zero-order chi connectivity index (χ0) is 34.4. The van der Waals surface area contributed by atoms with E-state index in [1.54, 1.807) is 55.1 Å². The number of rotatable bonds is 12. The van der Waals surface area contributed by atoms with Gasteiger partial charge < -0.3 is 34.9 Å². The molecule has 246 valence electrons. The molecule has 0 unspecified atom stereocenters. The minimum absolute atomic E-state index is 0. The molecule has 4 aromatic rings. The summed E-state index contributed by atoms with van der Waals surface area (Å²) in [6.07, 6.45) is -0.859. The Bertz CT molecular complexity index is 1770. The van der Waals surface area contributed by atoms with E-state index in [0.717, 1.165) is 0 Å². The molecule has 0 radical (unpaired) electrons. The topological polar surface area (TPSA) is 135 Å². The fourth-order valence-electron chi connectivity index (χ4n) is 5.32. The van der Waals surface area contributed by atoms with E-state index in [4.69, 9.17) is 0 Å². The van der Waals surface area contributed by atoms with Gasteiger partial charge in [0.1, 0.15) is 17.3 Å². The number of nitrogens with zero attached hydrogens (tertiary/aromatic N) is 2. The van der Waals surface area contributed by atoms with Crippen LogP contribution in [0, 0.1) is 11.6 Å². The number of benzene rings is 3. The number of carboxylic acid groups (broad SMARTS) is 1. The van der Waals surface area contributed by atoms with Gasteiger partial charge in [-0.05, 0) is 71.7 Å². The summed E-state index contributed by atoms with van der Waals surface area (Å²) in [5, 5.41) is 34.5. The molecule has 48 heavy (non-hydrogen) atoms. The van der Waals surface area contributed by atoms with Crippen LogP contribution < -0.4 is 40.0 Å². The third-order valence-electron chi connectivity index (χ3n) is 7.44. The molecule has 0 aliphatic heterocycles. The maximum Gasteiger partial charge on any atom is 1.00 e. The van der Waals surface area contributed by atoms with Crippen LogP contribution in [-0.2, 0) is 4.79 Å². The first-order valence-corrected chi connectivity index (χ1v) is 14.9. The number of halogens is 2. The molecule has 0 saturated carbocycles. The quantitative estimate of drug-likeness (QED) is 0.198. The molecule has 2 amide bonds. The molecular weight excluding hydrogens is 631 g/mol. The maximum absolute atomic E-state index is 14.3. The first-order chi connectivity index (χ1) is 22.3. The number of carbonyl (C=O) groups is 3. The van der Waals surface area contributed by atoms with Crippen molar-refractivity contribution in [2.45, 2.75) is 44.8 Å². The number of amides is 2. The third kappa shape index (κ3) is 9.27. The molecule has 4 rings (SSSR count). The van der Waals surface area contributed by atoms with Gasteiger partial charge in [-0.3, -0.25) is 9.59 Å². The van der Waals surface area contributed by atoms with Crippen LogP contribution >= 0.6 is 0 Å². The number of hydrogen-bond donors (Lipinski definition) is 3. The zero-order valence-corrected chi connectivity index (χ0v) is 29.4. The summed E-state index contributed by atoms with van der Waals surface area (Å²) in [5.41, 5.74) is 3.55. The van der Waals surface area contributed by atoms with Crippen molar-refractivity contribution in [3.05, 3.63) is 107 Å². The molecule has 0 fully saturated rings. The minimum atomic E-state index is -1.47. The molecule has 0 bridgehead atoms. The first-order valence-electron chi connectivity index (χ1n) is 14.9. The van der Waals surface area contributed by atoms with Crippen LogP contribution in [0.5, 0.6) is 0 Å². The average molecular weight is 668 g/mol. The number of aromatic nitrogens is 1. The van der Waals surface area contributed by atoms with Gasteiger partial charge in [0.2, 0.25) is 0 Å². The van der Waals surface area contributed by atoms with E-state index in [1.807, 2.05) is 13.8 Å². The van der Waals surface area contributed by atoms with E-state index >= 15 is 0 Å². The number of hydrogen-bond acceptors (Lipinski definition) is 6. The molecule has 9 nitrogen and oxygen atoms in total. The first kappa shape index (κ1) is 38.3.